The Balaban J connectivity index is 2.63. The Morgan fingerprint density at radius 2 is 2.20 bits per heavy atom. The minimum absolute atomic E-state index is 0.199. The minimum atomic E-state index is 0.199. The van der Waals surface area contributed by atoms with Crippen LogP contribution < -0.4 is 5.73 Å². The third kappa shape index (κ3) is 3.21. The number of nitrogens with zero attached hydrogens (tertiary/aromatic N) is 2. The van der Waals surface area contributed by atoms with Crippen molar-refractivity contribution in [3.63, 3.8) is 0 Å². The van der Waals surface area contributed by atoms with Crippen LogP contribution in [0.2, 0.25) is 5.15 Å². The SMILES string of the molecule is CCCCC(N)Cc1c(C)nn(C)c1Cl. The largest absolute Gasteiger partial charge is 0.327 e. The van der Waals surface area contributed by atoms with Crippen molar-refractivity contribution >= 4 is 11.6 Å². The highest BCUT2D eigenvalue weighted by atomic mass is 35.5. The van der Waals surface area contributed by atoms with E-state index in [9.17, 15) is 0 Å². The van der Waals surface area contributed by atoms with Crippen molar-refractivity contribution in [1.82, 2.24) is 9.78 Å². The van der Waals surface area contributed by atoms with Crippen molar-refractivity contribution in [2.45, 2.75) is 45.6 Å². The van der Waals surface area contributed by atoms with Gasteiger partial charge in [-0.05, 0) is 19.8 Å². The van der Waals surface area contributed by atoms with E-state index in [1.54, 1.807) is 4.68 Å². The highest BCUT2D eigenvalue weighted by molar-refractivity contribution is 6.30. The van der Waals surface area contributed by atoms with Gasteiger partial charge in [0.15, 0.2) is 0 Å². The van der Waals surface area contributed by atoms with Gasteiger partial charge >= 0.3 is 0 Å². The fourth-order valence-corrected chi connectivity index (χ4v) is 1.99. The molecule has 1 atom stereocenters. The quantitative estimate of drug-likeness (QED) is 0.843. The minimum Gasteiger partial charge on any atom is -0.327 e. The highest BCUT2D eigenvalue weighted by Crippen LogP contribution is 2.20. The fourth-order valence-electron chi connectivity index (χ4n) is 1.74. The molecular formula is C11H20ClN3. The molecule has 1 aromatic rings. The Morgan fingerprint density at radius 3 is 2.67 bits per heavy atom. The summed E-state index contributed by atoms with van der Waals surface area (Å²) in [6.07, 6.45) is 4.26. The van der Waals surface area contributed by atoms with E-state index in [4.69, 9.17) is 17.3 Å². The Morgan fingerprint density at radius 1 is 1.53 bits per heavy atom. The average Bonchev–Trinajstić information content (AvgIpc) is 2.42. The van der Waals surface area contributed by atoms with E-state index in [1.807, 2.05) is 14.0 Å². The number of aromatic nitrogens is 2. The molecule has 0 aliphatic carbocycles. The maximum absolute atomic E-state index is 6.14. The molecule has 0 bridgehead atoms. The van der Waals surface area contributed by atoms with Crippen LogP contribution in [-0.2, 0) is 13.5 Å². The number of halogens is 1. The number of unbranched alkanes of at least 4 members (excludes halogenated alkanes) is 1. The Labute approximate surface area is 96.6 Å². The Hall–Kier alpha value is -0.540. The van der Waals surface area contributed by atoms with Gasteiger partial charge < -0.3 is 5.73 Å². The molecule has 0 saturated heterocycles. The molecule has 86 valence electrons. The molecule has 0 aromatic carbocycles. The van der Waals surface area contributed by atoms with E-state index in [0.717, 1.165) is 29.3 Å². The first-order valence-corrected chi connectivity index (χ1v) is 5.87. The molecule has 15 heavy (non-hydrogen) atoms. The lowest BCUT2D eigenvalue weighted by Crippen LogP contribution is -2.22. The van der Waals surface area contributed by atoms with Gasteiger partial charge in [-0.1, -0.05) is 31.4 Å². The summed E-state index contributed by atoms with van der Waals surface area (Å²) in [7, 11) is 1.86. The number of nitrogens with two attached hydrogens (primary N) is 1. The lowest BCUT2D eigenvalue weighted by Gasteiger charge is -2.10. The number of aryl methyl sites for hydroxylation is 2. The first-order valence-electron chi connectivity index (χ1n) is 5.49. The average molecular weight is 230 g/mol. The normalized spacial score (nSPS) is 13.1. The van der Waals surface area contributed by atoms with Gasteiger partial charge in [0, 0.05) is 18.7 Å². The summed E-state index contributed by atoms with van der Waals surface area (Å²) >= 11 is 6.14. The van der Waals surface area contributed by atoms with Gasteiger partial charge in [-0.15, -0.1) is 0 Å². The molecule has 0 saturated carbocycles. The maximum atomic E-state index is 6.14. The van der Waals surface area contributed by atoms with Crippen LogP contribution in [-0.4, -0.2) is 15.8 Å². The maximum Gasteiger partial charge on any atom is 0.130 e. The zero-order valence-corrected chi connectivity index (χ0v) is 10.5. The second kappa shape index (κ2) is 5.52. The van der Waals surface area contributed by atoms with Gasteiger partial charge in [0.1, 0.15) is 5.15 Å². The standard InChI is InChI=1S/C11H20ClN3/c1-4-5-6-9(13)7-10-8(2)14-15(3)11(10)12/h9H,4-7,13H2,1-3H3. The summed E-state index contributed by atoms with van der Waals surface area (Å²) in [4.78, 5) is 0. The molecule has 4 heteroatoms. The van der Waals surface area contributed by atoms with Crippen LogP contribution >= 0.6 is 11.6 Å². The van der Waals surface area contributed by atoms with Crippen LogP contribution in [0.5, 0.6) is 0 Å². The molecule has 2 N–H and O–H groups in total. The van der Waals surface area contributed by atoms with Gasteiger partial charge in [0.25, 0.3) is 0 Å². The highest BCUT2D eigenvalue weighted by Gasteiger charge is 2.14. The second-order valence-electron chi connectivity index (χ2n) is 4.08. The lowest BCUT2D eigenvalue weighted by atomic mass is 10.0. The first kappa shape index (κ1) is 12.5. The second-order valence-corrected chi connectivity index (χ2v) is 4.44. The summed E-state index contributed by atoms with van der Waals surface area (Å²) in [5, 5.41) is 4.99. The van der Waals surface area contributed by atoms with Crippen molar-refractivity contribution in [2.75, 3.05) is 0 Å². The van der Waals surface area contributed by atoms with E-state index in [0.29, 0.717) is 0 Å². The van der Waals surface area contributed by atoms with Crippen LogP contribution in [0.3, 0.4) is 0 Å². The van der Waals surface area contributed by atoms with Crippen molar-refractivity contribution in [1.29, 1.82) is 0 Å². The van der Waals surface area contributed by atoms with E-state index < -0.39 is 0 Å². The molecule has 0 aliphatic heterocycles. The number of hydrogen-bond donors (Lipinski definition) is 1. The molecule has 1 heterocycles. The third-order valence-corrected chi connectivity index (χ3v) is 3.14. The number of hydrogen-bond acceptors (Lipinski definition) is 2. The predicted molar refractivity (Wildman–Crippen MR) is 64.2 cm³/mol. The molecule has 0 radical (unpaired) electrons. The van der Waals surface area contributed by atoms with Gasteiger partial charge in [0.2, 0.25) is 0 Å². The Bertz CT molecular complexity index is 320. The van der Waals surface area contributed by atoms with Gasteiger partial charge in [0.05, 0.1) is 5.69 Å². The van der Waals surface area contributed by atoms with Crippen LogP contribution in [0.4, 0.5) is 0 Å². The predicted octanol–water partition coefficient (Wildman–Crippen LogP) is 2.44. The monoisotopic (exact) mass is 229 g/mol. The van der Waals surface area contributed by atoms with E-state index in [1.165, 1.54) is 12.8 Å². The lowest BCUT2D eigenvalue weighted by molar-refractivity contribution is 0.573. The smallest absolute Gasteiger partial charge is 0.130 e. The van der Waals surface area contributed by atoms with Crippen molar-refractivity contribution in [3.8, 4) is 0 Å². The van der Waals surface area contributed by atoms with Crippen LogP contribution in [0, 0.1) is 6.92 Å². The molecule has 0 aliphatic rings. The molecule has 1 aromatic heterocycles. The van der Waals surface area contributed by atoms with Gasteiger partial charge in [-0.25, -0.2) is 0 Å². The van der Waals surface area contributed by atoms with Crippen molar-refractivity contribution in [3.05, 3.63) is 16.4 Å². The molecule has 0 amide bonds. The third-order valence-electron chi connectivity index (χ3n) is 2.66. The molecule has 0 fully saturated rings. The summed E-state index contributed by atoms with van der Waals surface area (Å²) in [6.45, 7) is 4.16. The van der Waals surface area contributed by atoms with Crippen molar-refractivity contribution < 1.29 is 0 Å². The fraction of sp³-hybridized carbons (Fsp3) is 0.727. The molecule has 1 rings (SSSR count). The van der Waals surface area contributed by atoms with Crippen LogP contribution in [0.1, 0.15) is 37.4 Å². The topological polar surface area (TPSA) is 43.8 Å². The summed E-state index contributed by atoms with van der Waals surface area (Å²) in [5.74, 6) is 0. The van der Waals surface area contributed by atoms with Gasteiger partial charge in [-0.2, -0.15) is 5.10 Å². The zero-order chi connectivity index (χ0) is 11.4. The molecular weight excluding hydrogens is 210 g/mol. The molecule has 3 nitrogen and oxygen atoms in total. The molecule has 1 unspecified atom stereocenters. The van der Waals surface area contributed by atoms with E-state index in [-0.39, 0.29) is 6.04 Å². The molecule has 0 spiro atoms. The first-order chi connectivity index (χ1) is 7.06. The van der Waals surface area contributed by atoms with Crippen LogP contribution in [0.15, 0.2) is 0 Å². The zero-order valence-electron chi connectivity index (χ0n) is 9.76. The van der Waals surface area contributed by atoms with Gasteiger partial charge in [-0.3, -0.25) is 4.68 Å². The number of rotatable bonds is 5. The van der Waals surface area contributed by atoms with Crippen LogP contribution in [0.25, 0.3) is 0 Å². The summed E-state index contributed by atoms with van der Waals surface area (Å²) in [5.41, 5.74) is 8.14. The summed E-state index contributed by atoms with van der Waals surface area (Å²) in [6, 6.07) is 0.199. The summed E-state index contributed by atoms with van der Waals surface area (Å²) < 4.78 is 1.71. The van der Waals surface area contributed by atoms with E-state index >= 15 is 0 Å². The Kier molecular flexibility index (Phi) is 4.61. The van der Waals surface area contributed by atoms with Crippen molar-refractivity contribution in [2.24, 2.45) is 12.8 Å². The van der Waals surface area contributed by atoms with E-state index in [2.05, 4.69) is 12.0 Å².